The summed E-state index contributed by atoms with van der Waals surface area (Å²) in [6.07, 6.45) is 3.53. The number of amides is 1. The molecule has 0 aliphatic rings. The summed E-state index contributed by atoms with van der Waals surface area (Å²) in [7, 11) is 0. The van der Waals surface area contributed by atoms with Gasteiger partial charge in [0.25, 0.3) is 5.91 Å². The number of carbonyl (C=O) groups excluding carboxylic acids is 1. The van der Waals surface area contributed by atoms with Crippen molar-refractivity contribution in [2.24, 2.45) is 0 Å². The van der Waals surface area contributed by atoms with E-state index in [-0.39, 0.29) is 5.91 Å². The van der Waals surface area contributed by atoms with Crippen molar-refractivity contribution in [2.45, 2.75) is 6.92 Å². The average Bonchev–Trinajstić information content (AvgIpc) is 3.20. The van der Waals surface area contributed by atoms with Crippen LogP contribution in [0.15, 0.2) is 78.4 Å². The Bertz CT molecular complexity index is 1050. The van der Waals surface area contributed by atoms with Crippen LogP contribution in [0.5, 0.6) is 0 Å². The fraction of sp³-hybridized carbons (Fsp3) is 0.0455. The molecule has 0 saturated heterocycles. The predicted molar refractivity (Wildman–Crippen MR) is 110 cm³/mol. The maximum absolute atomic E-state index is 12.3. The van der Waals surface area contributed by atoms with Gasteiger partial charge in [-0.1, -0.05) is 29.8 Å². The second-order valence-electron chi connectivity index (χ2n) is 6.17. The standard InChI is InChI=1S/C22H17N3OS/c1-15-2-4-17(5-3-15)21(26)24-19-8-6-16(7-9-19)20-14-27-22(25-20)18-10-12-23-13-11-18/h2-14H,1H3,(H,24,26). The number of carbonyl (C=O) groups is 1. The van der Waals surface area contributed by atoms with E-state index < -0.39 is 0 Å². The highest BCUT2D eigenvalue weighted by atomic mass is 32.1. The highest BCUT2D eigenvalue weighted by molar-refractivity contribution is 7.13. The lowest BCUT2D eigenvalue weighted by Crippen LogP contribution is -2.11. The minimum atomic E-state index is -0.114. The second-order valence-corrected chi connectivity index (χ2v) is 7.03. The number of aryl methyl sites for hydroxylation is 1. The van der Waals surface area contributed by atoms with E-state index in [4.69, 9.17) is 4.98 Å². The van der Waals surface area contributed by atoms with E-state index in [1.807, 2.05) is 73.0 Å². The van der Waals surface area contributed by atoms with Crippen LogP contribution in [-0.4, -0.2) is 15.9 Å². The molecular formula is C22H17N3OS. The number of benzene rings is 2. The number of anilines is 1. The maximum atomic E-state index is 12.3. The molecule has 0 fully saturated rings. The Morgan fingerprint density at radius 3 is 2.30 bits per heavy atom. The molecule has 27 heavy (non-hydrogen) atoms. The zero-order valence-corrected chi connectivity index (χ0v) is 15.5. The second kappa shape index (κ2) is 7.51. The third-order valence-corrected chi connectivity index (χ3v) is 5.08. The van der Waals surface area contributed by atoms with Gasteiger partial charge in [-0.2, -0.15) is 0 Å². The van der Waals surface area contributed by atoms with Gasteiger partial charge in [0.1, 0.15) is 5.01 Å². The Hall–Kier alpha value is -3.31. The molecule has 0 unspecified atom stereocenters. The summed E-state index contributed by atoms with van der Waals surface area (Å²) in [5, 5.41) is 5.92. The molecule has 4 nitrogen and oxygen atoms in total. The summed E-state index contributed by atoms with van der Waals surface area (Å²) in [4.78, 5) is 21.1. The third-order valence-electron chi connectivity index (χ3n) is 4.18. The van der Waals surface area contributed by atoms with Gasteiger partial charge in [-0.15, -0.1) is 11.3 Å². The van der Waals surface area contributed by atoms with Crippen molar-refractivity contribution in [2.75, 3.05) is 5.32 Å². The lowest BCUT2D eigenvalue weighted by molar-refractivity contribution is 0.102. The maximum Gasteiger partial charge on any atom is 0.255 e. The molecule has 0 atom stereocenters. The van der Waals surface area contributed by atoms with Gasteiger partial charge in [0.2, 0.25) is 0 Å². The van der Waals surface area contributed by atoms with Crippen LogP contribution in [0.3, 0.4) is 0 Å². The number of rotatable bonds is 4. The first-order chi connectivity index (χ1) is 13.2. The molecule has 0 spiro atoms. The predicted octanol–water partition coefficient (Wildman–Crippen LogP) is 5.43. The fourth-order valence-electron chi connectivity index (χ4n) is 2.67. The SMILES string of the molecule is Cc1ccc(C(=O)Nc2ccc(-c3csc(-c4ccncc4)n3)cc2)cc1. The van der Waals surface area contributed by atoms with Crippen molar-refractivity contribution in [1.82, 2.24) is 9.97 Å². The summed E-state index contributed by atoms with van der Waals surface area (Å²) < 4.78 is 0. The number of pyridine rings is 1. The molecule has 1 amide bonds. The Balaban J connectivity index is 1.48. The Morgan fingerprint density at radius 1 is 0.889 bits per heavy atom. The van der Waals surface area contributed by atoms with E-state index in [0.29, 0.717) is 5.56 Å². The number of nitrogens with one attached hydrogen (secondary N) is 1. The minimum Gasteiger partial charge on any atom is -0.322 e. The normalized spacial score (nSPS) is 10.6. The lowest BCUT2D eigenvalue weighted by atomic mass is 10.1. The molecule has 1 N–H and O–H groups in total. The molecular weight excluding hydrogens is 354 g/mol. The van der Waals surface area contributed by atoms with Crippen molar-refractivity contribution >= 4 is 22.9 Å². The molecule has 132 valence electrons. The van der Waals surface area contributed by atoms with Crippen LogP contribution in [0.4, 0.5) is 5.69 Å². The van der Waals surface area contributed by atoms with Gasteiger partial charge in [-0.05, 0) is 43.3 Å². The van der Waals surface area contributed by atoms with Crippen LogP contribution >= 0.6 is 11.3 Å². The van der Waals surface area contributed by atoms with Crippen LogP contribution in [-0.2, 0) is 0 Å². The lowest BCUT2D eigenvalue weighted by Gasteiger charge is -2.06. The van der Waals surface area contributed by atoms with Crippen molar-refractivity contribution in [3.05, 3.63) is 89.6 Å². The highest BCUT2D eigenvalue weighted by Gasteiger charge is 2.08. The van der Waals surface area contributed by atoms with E-state index in [1.165, 1.54) is 0 Å². The number of thiazole rings is 1. The minimum absolute atomic E-state index is 0.114. The summed E-state index contributed by atoms with van der Waals surface area (Å²) >= 11 is 1.60. The van der Waals surface area contributed by atoms with Gasteiger partial charge in [0, 0.05) is 40.2 Å². The first kappa shape index (κ1) is 17.1. The molecule has 2 aromatic heterocycles. The third kappa shape index (κ3) is 3.93. The van der Waals surface area contributed by atoms with E-state index in [9.17, 15) is 4.79 Å². The Labute approximate surface area is 161 Å². The van der Waals surface area contributed by atoms with Crippen LogP contribution in [0.1, 0.15) is 15.9 Å². The van der Waals surface area contributed by atoms with Gasteiger partial charge in [-0.3, -0.25) is 9.78 Å². The summed E-state index contributed by atoms with van der Waals surface area (Å²) in [6, 6.07) is 19.1. The van der Waals surface area contributed by atoms with Crippen molar-refractivity contribution in [3.8, 4) is 21.8 Å². The highest BCUT2D eigenvalue weighted by Crippen LogP contribution is 2.29. The van der Waals surface area contributed by atoms with Gasteiger partial charge in [0.05, 0.1) is 5.69 Å². The molecule has 0 radical (unpaired) electrons. The Morgan fingerprint density at radius 2 is 1.59 bits per heavy atom. The topological polar surface area (TPSA) is 54.9 Å². The zero-order valence-electron chi connectivity index (χ0n) is 14.7. The van der Waals surface area contributed by atoms with Crippen LogP contribution < -0.4 is 5.32 Å². The number of hydrogen-bond acceptors (Lipinski definition) is 4. The van der Waals surface area contributed by atoms with E-state index >= 15 is 0 Å². The molecule has 0 saturated carbocycles. The molecule has 0 bridgehead atoms. The fourth-order valence-corrected chi connectivity index (χ4v) is 3.50. The van der Waals surface area contributed by atoms with Gasteiger partial charge >= 0.3 is 0 Å². The number of hydrogen-bond donors (Lipinski definition) is 1. The van der Waals surface area contributed by atoms with E-state index in [0.717, 1.165) is 33.1 Å². The number of aromatic nitrogens is 2. The quantitative estimate of drug-likeness (QED) is 0.520. The van der Waals surface area contributed by atoms with Gasteiger partial charge in [0.15, 0.2) is 0 Å². The molecule has 4 aromatic rings. The van der Waals surface area contributed by atoms with E-state index in [2.05, 4.69) is 10.3 Å². The average molecular weight is 371 g/mol. The molecule has 4 rings (SSSR count). The summed E-state index contributed by atoms with van der Waals surface area (Å²) in [6.45, 7) is 2.00. The summed E-state index contributed by atoms with van der Waals surface area (Å²) in [5.41, 5.74) is 5.52. The molecule has 2 heterocycles. The van der Waals surface area contributed by atoms with E-state index in [1.54, 1.807) is 23.7 Å². The van der Waals surface area contributed by atoms with Crippen molar-refractivity contribution in [3.63, 3.8) is 0 Å². The van der Waals surface area contributed by atoms with Crippen molar-refractivity contribution < 1.29 is 4.79 Å². The molecule has 0 aliphatic heterocycles. The summed E-state index contributed by atoms with van der Waals surface area (Å²) in [5.74, 6) is -0.114. The number of nitrogens with zero attached hydrogens (tertiary/aromatic N) is 2. The Kier molecular flexibility index (Phi) is 4.77. The molecule has 0 aliphatic carbocycles. The largest absolute Gasteiger partial charge is 0.322 e. The van der Waals surface area contributed by atoms with Crippen molar-refractivity contribution in [1.29, 1.82) is 0 Å². The first-order valence-electron chi connectivity index (χ1n) is 8.53. The molecule has 5 heteroatoms. The van der Waals surface area contributed by atoms with Crippen LogP contribution in [0.25, 0.3) is 21.8 Å². The van der Waals surface area contributed by atoms with Crippen LogP contribution in [0.2, 0.25) is 0 Å². The van der Waals surface area contributed by atoms with Gasteiger partial charge in [-0.25, -0.2) is 4.98 Å². The van der Waals surface area contributed by atoms with Gasteiger partial charge < -0.3 is 5.32 Å². The monoisotopic (exact) mass is 371 g/mol. The molecule has 2 aromatic carbocycles. The zero-order chi connectivity index (χ0) is 18.6. The first-order valence-corrected chi connectivity index (χ1v) is 9.41. The van der Waals surface area contributed by atoms with Crippen LogP contribution in [0, 0.1) is 6.92 Å². The smallest absolute Gasteiger partial charge is 0.255 e.